The van der Waals surface area contributed by atoms with Crippen LogP contribution in [0, 0.1) is 35.5 Å². The van der Waals surface area contributed by atoms with E-state index in [0.717, 1.165) is 17.8 Å². The number of nitrogens with one attached hydrogen (secondary N) is 1. The van der Waals surface area contributed by atoms with Gasteiger partial charge < -0.3 is 10.2 Å². The van der Waals surface area contributed by atoms with Crippen LogP contribution < -0.4 is 5.32 Å². The van der Waals surface area contributed by atoms with Crippen LogP contribution in [0.2, 0.25) is 0 Å². The van der Waals surface area contributed by atoms with Gasteiger partial charge in [-0.25, -0.2) is 8.42 Å². The van der Waals surface area contributed by atoms with E-state index in [9.17, 15) is 18.0 Å². The molecule has 7 nitrogen and oxygen atoms in total. The van der Waals surface area contributed by atoms with Crippen molar-refractivity contribution in [3.63, 3.8) is 0 Å². The third kappa shape index (κ3) is 4.86. The van der Waals surface area contributed by atoms with Gasteiger partial charge in [-0.1, -0.05) is 12.8 Å². The van der Waals surface area contributed by atoms with E-state index in [4.69, 9.17) is 0 Å². The second kappa shape index (κ2) is 9.24. The topological polar surface area (TPSA) is 86.8 Å². The van der Waals surface area contributed by atoms with Crippen molar-refractivity contribution in [3.05, 3.63) is 0 Å². The van der Waals surface area contributed by atoms with Crippen molar-refractivity contribution in [2.45, 2.75) is 64.2 Å². The molecule has 4 bridgehead atoms. The Morgan fingerprint density at radius 1 is 0.781 bits per heavy atom. The highest BCUT2D eigenvalue weighted by molar-refractivity contribution is 7.89. The van der Waals surface area contributed by atoms with Crippen molar-refractivity contribution in [3.8, 4) is 0 Å². The fourth-order valence-electron chi connectivity index (χ4n) is 7.58. The van der Waals surface area contributed by atoms with E-state index in [-0.39, 0.29) is 24.1 Å². The van der Waals surface area contributed by atoms with E-state index >= 15 is 0 Å². The second-order valence-electron chi connectivity index (χ2n) is 11.2. The maximum absolute atomic E-state index is 12.7. The summed E-state index contributed by atoms with van der Waals surface area (Å²) in [6.45, 7) is 1.87. The van der Waals surface area contributed by atoms with E-state index in [2.05, 4.69) is 5.32 Å². The summed E-state index contributed by atoms with van der Waals surface area (Å²) in [6, 6.07) is 0. The summed E-state index contributed by atoms with van der Waals surface area (Å²) in [4.78, 5) is 26.9. The molecule has 1 aliphatic heterocycles. The summed E-state index contributed by atoms with van der Waals surface area (Å²) < 4.78 is 27.0. The first-order valence-electron chi connectivity index (χ1n) is 12.9. The number of rotatable bonds is 8. The molecule has 5 aliphatic rings. The van der Waals surface area contributed by atoms with Gasteiger partial charge in [-0.05, 0) is 74.0 Å². The first-order valence-corrected chi connectivity index (χ1v) is 14.5. The Balaban J connectivity index is 1.01. The van der Waals surface area contributed by atoms with Crippen molar-refractivity contribution >= 4 is 21.8 Å². The van der Waals surface area contributed by atoms with Crippen molar-refractivity contribution in [2.75, 3.05) is 38.5 Å². The largest absolute Gasteiger partial charge is 0.355 e. The van der Waals surface area contributed by atoms with Crippen molar-refractivity contribution in [2.24, 2.45) is 35.5 Å². The molecule has 6 unspecified atom stereocenters. The fourth-order valence-corrected chi connectivity index (χ4v) is 8.92. The Kier molecular flexibility index (Phi) is 6.54. The van der Waals surface area contributed by atoms with Crippen LogP contribution in [-0.4, -0.2) is 67.9 Å². The monoisotopic (exact) mass is 465 g/mol. The van der Waals surface area contributed by atoms with Crippen molar-refractivity contribution in [1.82, 2.24) is 14.5 Å². The highest BCUT2D eigenvalue weighted by atomic mass is 32.2. The Morgan fingerprint density at radius 2 is 1.38 bits per heavy atom. The number of sulfonamides is 1. The normalized spacial score (nSPS) is 36.7. The van der Waals surface area contributed by atoms with Gasteiger partial charge in [0.05, 0.1) is 5.75 Å². The molecule has 4 saturated carbocycles. The van der Waals surface area contributed by atoms with Gasteiger partial charge in [-0.2, -0.15) is 4.31 Å². The van der Waals surface area contributed by atoms with Crippen LogP contribution in [0.3, 0.4) is 0 Å². The standard InChI is InChI=1S/C24H39N3O4S/c28-23(15-21-13-17-1-3-19(21)11-17)25-5-10-32(30,31)27-8-6-26(7-9-27)24(29)16-22-14-18-2-4-20(22)12-18/h17-22H,1-16H2,(H,25,28). The van der Waals surface area contributed by atoms with Crippen LogP contribution in [0.5, 0.6) is 0 Å². The fraction of sp³-hybridized carbons (Fsp3) is 0.917. The van der Waals surface area contributed by atoms with E-state index in [1.54, 1.807) is 0 Å². The molecule has 8 heteroatoms. The van der Waals surface area contributed by atoms with Crippen LogP contribution in [0.1, 0.15) is 64.2 Å². The molecule has 0 aromatic heterocycles. The minimum atomic E-state index is -3.41. The number of carbonyl (C=O) groups is 2. The van der Waals surface area contributed by atoms with E-state index in [1.807, 2.05) is 4.90 Å². The average molecular weight is 466 g/mol. The van der Waals surface area contributed by atoms with Crippen molar-refractivity contribution in [1.29, 1.82) is 0 Å². The average Bonchev–Trinajstić information content (AvgIpc) is 3.56. The number of carbonyl (C=O) groups excluding carboxylic acids is 2. The zero-order valence-electron chi connectivity index (χ0n) is 19.2. The van der Waals surface area contributed by atoms with Gasteiger partial charge in [0.1, 0.15) is 0 Å². The van der Waals surface area contributed by atoms with Gasteiger partial charge in [-0.3, -0.25) is 9.59 Å². The molecule has 5 rings (SSSR count). The number of piperazine rings is 1. The molecule has 0 spiro atoms. The molecule has 0 radical (unpaired) electrons. The van der Waals surface area contributed by atoms with Crippen LogP contribution >= 0.6 is 0 Å². The predicted octanol–water partition coefficient (Wildman–Crippen LogP) is 2.23. The number of amides is 2. The van der Waals surface area contributed by atoms with Crippen LogP contribution in [-0.2, 0) is 19.6 Å². The Labute approximate surface area is 192 Å². The smallest absolute Gasteiger partial charge is 0.222 e. The lowest BCUT2D eigenvalue weighted by atomic mass is 9.86. The van der Waals surface area contributed by atoms with Gasteiger partial charge in [0.25, 0.3) is 0 Å². The number of nitrogens with zero attached hydrogens (tertiary/aromatic N) is 2. The van der Waals surface area contributed by atoms with E-state index in [0.29, 0.717) is 56.8 Å². The summed E-state index contributed by atoms with van der Waals surface area (Å²) in [5.74, 6) is 4.28. The molecule has 4 aliphatic carbocycles. The molecule has 1 heterocycles. The lowest BCUT2D eigenvalue weighted by Gasteiger charge is -2.35. The number of hydrogen-bond acceptors (Lipinski definition) is 4. The Morgan fingerprint density at radius 3 is 1.91 bits per heavy atom. The first kappa shape index (κ1) is 22.6. The molecular weight excluding hydrogens is 426 g/mol. The number of fused-ring (bicyclic) bond motifs is 4. The Hall–Kier alpha value is -1.15. The van der Waals surface area contributed by atoms with Crippen LogP contribution in [0.4, 0.5) is 0 Å². The maximum Gasteiger partial charge on any atom is 0.222 e. The number of hydrogen-bond donors (Lipinski definition) is 1. The molecule has 180 valence electrons. The molecule has 6 atom stereocenters. The molecule has 1 saturated heterocycles. The highest BCUT2D eigenvalue weighted by Gasteiger charge is 2.41. The zero-order valence-corrected chi connectivity index (χ0v) is 20.0. The van der Waals surface area contributed by atoms with Crippen molar-refractivity contribution < 1.29 is 18.0 Å². The van der Waals surface area contributed by atoms with Gasteiger partial charge in [0.2, 0.25) is 21.8 Å². The predicted molar refractivity (Wildman–Crippen MR) is 122 cm³/mol. The molecule has 5 fully saturated rings. The van der Waals surface area contributed by atoms with Gasteiger partial charge in [0, 0.05) is 45.6 Å². The lowest BCUT2D eigenvalue weighted by molar-refractivity contribution is -0.133. The minimum absolute atomic E-state index is 0.00576. The third-order valence-corrected chi connectivity index (χ3v) is 11.2. The van der Waals surface area contributed by atoms with Gasteiger partial charge >= 0.3 is 0 Å². The summed E-state index contributed by atoms with van der Waals surface area (Å²) >= 11 is 0. The third-order valence-electron chi connectivity index (χ3n) is 9.32. The highest BCUT2D eigenvalue weighted by Crippen LogP contribution is 2.50. The van der Waals surface area contributed by atoms with Crippen LogP contribution in [0.15, 0.2) is 0 Å². The van der Waals surface area contributed by atoms with Crippen LogP contribution in [0.25, 0.3) is 0 Å². The lowest BCUT2D eigenvalue weighted by Crippen LogP contribution is -2.52. The Bertz CT molecular complexity index is 823. The second-order valence-corrected chi connectivity index (χ2v) is 13.3. The first-order chi connectivity index (χ1) is 15.4. The molecule has 32 heavy (non-hydrogen) atoms. The molecule has 0 aromatic rings. The summed E-state index contributed by atoms with van der Waals surface area (Å²) in [5.41, 5.74) is 0. The summed E-state index contributed by atoms with van der Waals surface area (Å²) in [7, 11) is -3.41. The summed E-state index contributed by atoms with van der Waals surface area (Å²) in [5, 5.41) is 2.84. The quantitative estimate of drug-likeness (QED) is 0.596. The molecule has 2 amide bonds. The SMILES string of the molecule is O=C(CC1CC2CCC1C2)NCCS(=O)(=O)N1CCN(C(=O)CC2CC3CCC2C3)CC1. The van der Waals surface area contributed by atoms with E-state index < -0.39 is 10.0 Å². The molecular formula is C24H39N3O4S. The zero-order chi connectivity index (χ0) is 22.3. The maximum atomic E-state index is 12.7. The van der Waals surface area contributed by atoms with E-state index in [1.165, 1.54) is 55.7 Å². The summed E-state index contributed by atoms with van der Waals surface area (Å²) in [6.07, 6.45) is 11.4. The minimum Gasteiger partial charge on any atom is -0.355 e. The molecule has 0 aromatic carbocycles. The van der Waals surface area contributed by atoms with Gasteiger partial charge in [-0.15, -0.1) is 0 Å². The van der Waals surface area contributed by atoms with Gasteiger partial charge in [0.15, 0.2) is 0 Å². The molecule has 1 N–H and O–H groups in total.